The molecule has 0 aromatic heterocycles. The zero-order chi connectivity index (χ0) is 15.6. The lowest BCUT2D eigenvalue weighted by molar-refractivity contribution is -0.157. The number of halogens is 2. The first kappa shape index (κ1) is 16.3. The number of benzene rings is 1. The van der Waals surface area contributed by atoms with Gasteiger partial charge in [0.1, 0.15) is 0 Å². The average Bonchev–Trinajstić information content (AvgIpc) is 2.41. The van der Waals surface area contributed by atoms with E-state index >= 15 is 0 Å². The van der Waals surface area contributed by atoms with Crippen LogP contribution in [-0.2, 0) is 16.1 Å². The van der Waals surface area contributed by atoms with Gasteiger partial charge in [0.2, 0.25) is 0 Å². The van der Waals surface area contributed by atoms with Crippen LogP contribution in [0.2, 0.25) is 5.02 Å². The molecule has 2 atom stereocenters. The lowest BCUT2D eigenvalue weighted by Gasteiger charge is -2.34. The third kappa shape index (κ3) is 3.96. The molecule has 2 unspecified atom stereocenters. The second kappa shape index (κ2) is 6.77. The van der Waals surface area contributed by atoms with Crippen molar-refractivity contribution >= 4 is 39.5 Å². The first-order chi connectivity index (χ1) is 9.88. The van der Waals surface area contributed by atoms with E-state index in [1.807, 2.05) is 17.0 Å². The highest BCUT2D eigenvalue weighted by atomic mass is 79.9. The Balaban J connectivity index is 2.09. The van der Waals surface area contributed by atoms with Crippen molar-refractivity contribution in [3.63, 3.8) is 0 Å². The number of piperidine rings is 1. The third-order valence-electron chi connectivity index (χ3n) is 3.74. The maximum atomic E-state index is 11.3. The molecular weight excluding hydrogens is 362 g/mol. The van der Waals surface area contributed by atoms with E-state index in [1.165, 1.54) is 0 Å². The van der Waals surface area contributed by atoms with Crippen molar-refractivity contribution in [2.24, 2.45) is 11.8 Å². The summed E-state index contributed by atoms with van der Waals surface area (Å²) in [6.07, 6.45) is 0.334. The minimum atomic E-state index is -1.06. The van der Waals surface area contributed by atoms with Crippen molar-refractivity contribution in [1.82, 2.24) is 4.90 Å². The smallest absolute Gasteiger partial charge is 0.308 e. The molecule has 0 saturated carbocycles. The summed E-state index contributed by atoms with van der Waals surface area (Å²) in [6.45, 7) is 1.29. The summed E-state index contributed by atoms with van der Waals surface area (Å²) in [5.41, 5.74) is 0.901. The molecule has 1 heterocycles. The molecule has 0 bridgehead atoms. The molecule has 1 aliphatic rings. The number of aliphatic carboxylic acids is 2. The fraction of sp³-hybridized carbons (Fsp3) is 0.429. The van der Waals surface area contributed by atoms with Crippen LogP contribution < -0.4 is 0 Å². The molecule has 114 valence electrons. The van der Waals surface area contributed by atoms with Crippen LogP contribution in [0.4, 0.5) is 0 Å². The van der Waals surface area contributed by atoms with Crippen LogP contribution >= 0.6 is 27.5 Å². The molecule has 0 amide bonds. The number of carboxylic acid groups (broad SMARTS) is 2. The quantitative estimate of drug-likeness (QED) is 0.845. The van der Waals surface area contributed by atoms with Gasteiger partial charge in [-0.15, -0.1) is 0 Å². The molecule has 1 aromatic carbocycles. The predicted octanol–water partition coefficient (Wildman–Crippen LogP) is 2.71. The fourth-order valence-electron chi connectivity index (χ4n) is 2.60. The Morgan fingerprint density at radius 1 is 1.29 bits per heavy atom. The molecule has 21 heavy (non-hydrogen) atoms. The van der Waals surface area contributed by atoms with Gasteiger partial charge in [0.15, 0.2) is 0 Å². The Bertz CT molecular complexity index is 566. The van der Waals surface area contributed by atoms with Gasteiger partial charge in [0.05, 0.1) is 11.8 Å². The molecule has 0 radical (unpaired) electrons. The SMILES string of the molecule is O=C(O)C1CCN(Cc2ccc(Br)cc2Cl)CC1C(=O)O. The summed E-state index contributed by atoms with van der Waals surface area (Å²) in [5, 5.41) is 18.9. The summed E-state index contributed by atoms with van der Waals surface area (Å²) >= 11 is 9.49. The monoisotopic (exact) mass is 375 g/mol. The number of rotatable bonds is 4. The molecule has 0 aliphatic carbocycles. The van der Waals surface area contributed by atoms with Crippen molar-refractivity contribution in [2.45, 2.75) is 13.0 Å². The number of carboxylic acids is 2. The van der Waals surface area contributed by atoms with Gasteiger partial charge in [-0.05, 0) is 30.7 Å². The zero-order valence-electron chi connectivity index (χ0n) is 11.1. The lowest BCUT2D eigenvalue weighted by atomic mass is 9.85. The summed E-state index contributed by atoms with van der Waals surface area (Å²) in [7, 11) is 0. The highest BCUT2D eigenvalue weighted by Crippen LogP contribution is 2.28. The van der Waals surface area contributed by atoms with E-state index in [-0.39, 0.29) is 6.54 Å². The van der Waals surface area contributed by atoms with Gasteiger partial charge in [0, 0.05) is 22.6 Å². The zero-order valence-corrected chi connectivity index (χ0v) is 13.5. The molecule has 2 N–H and O–H groups in total. The third-order valence-corrected chi connectivity index (χ3v) is 4.59. The van der Waals surface area contributed by atoms with Gasteiger partial charge in [-0.25, -0.2) is 0 Å². The molecule has 5 nitrogen and oxygen atoms in total. The first-order valence-corrected chi connectivity index (χ1v) is 7.67. The van der Waals surface area contributed by atoms with E-state index in [1.54, 1.807) is 6.07 Å². The number of hydrogen-bond donors (Lipinski definition) is 2. The van der Waals surface area contributed by atoms with Crippen molar-refractivity contribution in [3.8, 4) is 0 Å². The molecule has 0 spiro atoms. The van der Waals surface area contributed by atoms with Gasteiger partial charge in [0.25, 0.3) is 0 Å². The maximum absolute atomic E-state index is 11.3. The topological polar surface area (TPSA) is 77.8 Å². The summed E-state index contributed by atoms with van der Waals surface area (Å²) in [6, 6.07) is 5.54. The fourth-order valence-corrected chi connectivity index (χ4v) is 3.33. The van der Waals surface area contributed by atoms with Crippen LogP contribution in [-0.4, -0.2) is 40.1 Å². The Labute approximate surface area is 135 Å². The Morgan fingerprint density at radius 3 is 2.52 bits per heavy atom. The van der Waals surface area contributed by atoms with E-state index < -0.39 is 23.8 Å². The van der Waals surface area contributed by atoms with Gasteiger partial charge in [-0.1, -0.05) is 33.6 Å². The van der Waals surface area contributed by atoms with E-state index in [2.05, 4.69) is 15.9 Å². The Kier molecular flexibility index (Phi) is 5.24. The van der Waals surface area contributed by atoms with Crippen LogP contribution in [0.25, 0.3) is 0 Å². The standard InChI is InChI=1S/C14H15BrClNO4/c15-9-2-1-8(12(16)5-9)6-17-4-3-10(13(18)19)11(7-17)14(20)21/h1-2,5,10-11H,3-4,6-7H2,(H,18,19)(H,20,21). The van der Waals surface area contributed by atoms with Gasteiger partial charge in [-0.2, -0.15) is 0 Å². The van der Waals surface area contributed by atoms with Crippen LogP contribution in [0.1, 0.15) is 12.0 Å². The number of nitrogens with zero attached hydrogens (tertiary/aromatic N) is 1. The molecule has 1 aliphatic heterocycles. The average molecular weight is 377 g/mol. The van der Waals surface area contributed by atoms with Crippen LogP contribution in [0.3, 0.4) is 0 Å². The molecular formula is C14H15BrClNO4. The van der Waals surface area contributed by atoms with Crippen molar-refractivity contribution < 1.29 is 19.8 Å². The largest absolute Gasteiger partial charge is 0.481 e. The van der Waals surface area contributed by atoms with E-state index in [9.17, 15) is 14.7 Å². The highest BCUT2D eigenvalue weighted by Gasteiger charge is 2.38. The molecule has 1 saturated heterocycles. The summed E-state index contributed by atoms with van der Waals surface area (Å²) in [4.78, 5) is 24.3. The lowest BCUT2D eigenvalue weighted by Crippen LogP contribution is -2.46. The van der Waals surface area contributed by atoms with Crippen molar-refractivity contribution in [3.05, 3.63) is 33.3 Å². The summed E-state index contributed by atoms with van der Waals surface area (Å²) in [5.74, 6) is -3.80. The number of hydrogen-bond acceptors (Lipinski definition) is 3. The molecule has 1 fully saturated rings. The van der Waals surface area contributed by atoms with Crippen molar-refractivity contribution in [1.29, 1.82) is 0 Å². The molecule has 2 rings (SSSR count). The maximum Gasteiger partial charge on any atom is 0.308 e. The Hall–Kier alpha value is -1.11. The normalized spacial score (nSPS) is 23.0. The summed E-state index contributed by atoms with van der Waals surface area (Å²) < 4.78 is 0.879. The second-order valence-electron chi connectivity index (χ2n) is 5.15. The van der Waals surface area contributed by atoms with Gasteiger partial charge >= 0.3 is 11.9 Å². The second-order valence-corrected chi connectivity index (χ2v) is 6.47. The Morgan fingerprint density at radius 2 is 1.95 bits per heavy atom. The number of likely N-dealkylation sites (tertiary alicyclic amines) is 1. The van der Waals surface area contributed by atoms with Crippen molar-refractivity contribution in [2.75, 3.05) is 13.1 Å². The van der Waals surface area contributed by atoms with Crippen LogP contribution in [0, 0.1) is 11.8 Å². The van der Waals surface area contributed by atoms with Crippen LogP contribution in [0.15, 0.2) is 22.7 Å². The predicted molar refractivity (Wildman–Crippen MR) is 81.3 cm³/mol. The molecule has 7 heteroatoms. The first-order valence-electron chi connectivity index (χ1n) is 6.50. The van der Waals surface area contributed by atoms with E-state index in [4.69, 9.17) is 16.7 Å². The highest BCUT2D eigenvalue weighted by molar-refractivity contribution is 9.10. The van der Waals surface area contributed by atoms with Crippen LogP contribution in [0.5, 0.6) is 0 Å². The minimum absolute atomic E-state index is 0.221. The van der Waals surface area contributed by atoms with Gasteiger partial charge < -0.3 is 10.2 Å². The molecule has 1 aromatic rings. The van der Waals surface area contributed by atoms with E-state index in [0.717, 1.165) is 10.0 Å². The van der Waals surface area contributed by atoms with E-state index in [0.29, 0.717) is 24.5 Å². The van der Waals surface area contributed by atoms with Gasteiger partial charge in [-0.3, -0.25) is 14.5 Å². The number of carbonyl (C=O) groups is 2. The minimum Gasteiger partial charge on any atom is -0.481 e.